The second kappa shape index (κ2) is 26.6. The third-order valence-corrected chi connectivity index (χ3v) is 12.6. The Morgan fingerprint density at radius 3 is 2.05 bits per heavy atom. The Morgan fingerprint density at radius 1 is 0.740 bits per heavy atom. The van der Waals surface area contributed by atoms with Crippen molar-refractivity contribution in [2.75, 3.05) is 87.5 Å². The lowest BCUT2D eigenvalue weighted by Crippen LogP contribution is -2.50. The van der Waals surface area contributed by atoms with Gasteiger partial charge in [0.25, 0.3) is 5.91 Å². The van der Waals surface area contributed by atoms with Crippen molar-refractivity contribution < 1.29 is 61.8 Å². The molecule has 19 heteroatoms. The Hall–Kier alpha value is -7.83. The van der Waals surface area contributed by atoms with Crippen LogP contribution < -0.4 is 59.4 Å². The molecule has 5 aromatic rings. The Labute approximate surface area is 426 Å². The molecule has 6 rings (SSSR count). The molecule has 19 nitrogen and oxygen atoms in total. The van der Waals surface area contributed by atoms with Crippen LogP contribution >= 0.6 is 0 Å². The van der Waals surface area contributed by atoms with Crippen LogP contribution in [-0.2, 0) is 32.0 Å². The summed E-state index contributed by atoms with van der Waals surface area (Å²) in [5.41, 5.74) is 15.5. The molecule has 0 radical (unpaired) electrons. The van der Waals surface area contributed by atoms with E-state index in [1.165, 1.54) is 35.5 Å². The molecule has 2 heterocycles. The van der Waals surface area contributed by atoms with E-state index < -0.39 is 24.0 Å². The highest BCUT2D eigenvalue weighted by Gasteiger charge is 2.38. The van der Waals surface area contributed by atoms with Crippen molar-refractivity contribution >= 4 is 29.5 Å². The van der Waals surface area contributed by atoms with Crippen molar-refractivity contribution in [2.24, 2.45) is 0 Å². The number of nitrogen functional groups attached to an aromatic ring is 2. The minimum atomic E-state index is -0.818. The molecule has 1 aliphatic heterocycles. The van der Waals surface area contributed by atoms with Gasteiger partial charge in [0.05, 0.1) is 62.3 Å². The number of rotatable bonds is 26. The van der Waals surface area contributed by atoms with Gasteiger partial charge in [-0.1, -0.05) is 25.1 Å². The van der Waals surface area contributed by atoms with Gasteiger partial charge < -0.3 is 69.1 Å². The molecule has 73 heavy (non-hydrogen) atoms. The lowest BCUT2D eigenvalue weighted by atomic mass is 9.91. The van der Waals surface area contributed by atoms with Gasteiger partial charge in [-0.25, -0.2) is 9.78 Å². The first-order valence-corrected chi connectivity index (χ1v) is 24.1. The van der Waals surface area contributed by atoms with Gasteiger partial charge in [-0.05, 0) is 116 Å². The number of aromatic nitrogens is 2. The Balaban J connectivity index is 1.11. The first-order chi connectivity index (χ1) is 35.4. The van der Waals surface area contributed by atoms with Crippen LogP contribution in [-0.4, -0.2) is 115 Å². The molecule has 0 aliphatic carbocycles. The molecule has 3 atom stereocenters. The Kier molecular flexibility index (Phi) is 19.8. The van der Waals surface area contributed by atoms with Crippen molar-refractivity contribution in [3.8, 4) is 51.7 Å². The number of nitrogens with zero attached hydrogens (tertiary/aromatic N) is 3. The number of esters is 1. The summed E-state index contributed by atoms with van der Waals surface area (Å²) < 4.78 is 57.5. The molecule has 5 N–H and O–H groups in total. The first-order valence-electron chi connectivity index (χ1n) is 24.1. The number of amides is 2. The molecule has 0 bridgehead atoms. The van der Waals surface area contributed by atoms with Gasteiger partial charge in [0.15, 0.2) is 41.1 Å². The standard InChI is InChI=1S/C54H68N6O13/c1-9-39(36-29-46(68-6)49(70-8)47(30-36)69-7)52(62)60-22-11-10-16-40(60)53(63)73-41(19-17-33-18-20-42(64-2)43(25-33)65-3)35-14-12-15-38(28-35)72-32-48(61)57-21-13-23-71-50-44(66-4)26-34(27-45(50)67-5)24-37-31-58-54(56)59-51(37)55/h12,14-15,18,20,25-31,39-41H,9-11,13,16-17,19,21-24,32H2,1-8H3,(H,57,61)(H4,55,56,58,59)/t39-,40-,41+/m0/s1. The van der Waals surface area contributed by atoms with E-state index in [2.05, 4.69) is 15.3 Å². The molecule has 1 aliphatic rings. The second-order valence-electron chi connectivity index (χ2n) is 17.2. The van der Waals surface area contributed by atoms with Gasteiger partial charge in [0.2, 0.25) is 23.4 Å². The highest BCUT2D eigenvalue weighted by atomic mass is 16.6. The number of ether oxygens (including phenoxy) is 10. The number of methoxy groups -OCH3 is 7. The SMILES string of the molecule is CC[C@H](C(=O)N1CCCC[C@H]1C(=O)O[C@H](CCc1ccc(OC)c(OC)c1)c1cccc(OCC(=O)NCCCOc2c(OC)cc(Cc3cnc(N)nc3N)cc2OC)c1)c1cc(OC)c(OC)c(OC)c1. The lowest BCUT2D eigenvalue weighted by Gasteiger charge is -2.37. The predicted octanol–water partition coefficient (Wildman–Crippen LogP) is 7.05. The fraction of sp³-hybridized carbons (Fsp3) is 0.426. The fourth-order valence-corrected chi connectivity index (χ4v) is 8.79. The van der Waals surface area contributed by atoms with E-state index in [1.807, 2.05) is 43.3 Å². The number of aryl methyl sites for hydroxylation is 1. The average molecular weight is 1010 g/mol. The molecule has 392 valence electrons. The van der Waals surface area contributed by atoms with Crippen LogP contribution in [0.25, 0.3) is 0 Å². The molecular formula is C54H68N6O13. The van der Waals surface area contributed by atoms with Gasteiger partial charge in [-0.3, -0.25) is 9.59 Å². The zero-order valence-corrected chi connectivity index (χ0v) is 42.9. The zero-order chi connectivity index (χ0) is 52.4. The predicted molar refractivity (Wildman–Crippen MR) is 273 cm³/mol. The largest absolute Gasteiger partial charge is 0.493 e. The molecule has 0 saturated carbocycles. The third-order valence-electron chi connectivity index (χ3n) is 12.6. The molecule has 4 aromatic carbocycles. The number of benzene rings is 4. The van der Waals surface area contributed by atoms with Gasteiger partial charge >= 0.3 is 5.97 Å². The summed E-state index contributed by atoms with van der Waals surface area (Å²) >= 11 is 0. The normalized spacial score (nSPS) is 14.0. The number of hydrogen-bond donors (Lipinski definition) is 3. The van der Waals surface area contributed by atoms with Crippen LogP contribution in [0.5, 0.6) is 51.7 Å². The van der Waals surface area contributed by atoms with Crippen molar-refractivity contribution in [3.63, 3.8) is 0 Å². The quantitative estimate of drug-likeness (QED) is 0.0372. The monoisotopic (exact) mass is 1010 g/mol. The summed E-state index contributed by atoms with van der Waals surface area (Å²) in [4.78, 5) is 51.8. The molecule has 0 spiro atoms. The van der Waals surface area contributed by atoms with Gasteiger partial charge in [-0.2, -0.15) is 4.98 Å². The van der Waals surface area contributed by atoms with Crippen molar-refractivity contribution in [2.45, 2.75) is 76.4 Å². The van der Waals surface area contributed by atoms with E-state index in [9.17, 15) is 14.4 Å². The summed E-state index contributed by atoms with van der Waals surface area (Å²) in [6.45, 7) is 2.61. The molecule has 2 amide bonds. The summed E-state index contributed by atoms with van der Waals surface area (Å²) in [6, 6.07) is 19.2. The van der Waals surface area contributed by atoms with Crippen LogP contribution in [0, 0.1) is 0 Å². The molecule has 0 unspecified atom stereocenters. The van der Waals surface area contributed by atoms with E-state index in [-0.39, 0.29) is 36.8 Å². The van der Waals surface area contributed by atoms with Crippen LogP contribution in [0.4, 0.5) is 11.8 Å². The lowest BCUT2D eigenvalue weighted by molar-refractivity contribution is -0.162. The van der Waals surface area contributed by atoms with Crippen LogP contribution in [0.1, 0.15) is 85.3 Å². The number of anilines is 2. The number of hydrogen-bond acceptors (Lipinski definition) is 17. The first kappa shape index (κ1) is 54.5. The van der Waals surface area contributed by atoms with E-state index in [1.54, 1.807) is 55.6 Å². The van der Waals surface area contributed by atoms with Crippen molar-refractivity contribution in [3.05, 3.63) is 101 Å². The number of likely N-dealkylation sites (tertiary alicyclic amines) is 1. The summed E-state index contributed by atoms with van der Waals surface area (Å²) in [5.74, 6) is 2.93. The average Bonchev–Trinajstić information content (AvgIpc) is 3.41. The molecular weight excluding hydrogens is 941 g/mol. The minimum Gasteiger partial charge on any atom is -0.493 e. The smallest absolute Gasteiger partial charge is 0.329 e. The summed E-state index contributed by atoms with van der Waals surface area (Å²) in [5, 5.41) is 2.87. The number of nitrogens with two attached hydrogens (primary N) is 2. The second-order valence-corrected chi connectivity index (χ2v) is 17.2. The highest BCUT2D eigenvalue weighted by molar-refractivity contribution is 5.89. The fourth-order valence-electron chi connectivity index (χ4n) is 8.79. The molecule has 1 saturated heterocycles. The zero-order valence-electron chi connectivity index (χ0n) is 42.9. The van der Waals surface area contributed by atoms with Gasteiger partial charge in [-0.15, -0.1) is 0 Å². The third kappa shape index (κ3) is 14.0. The maximum absolute atomic E-state index is 14.5. The van der Waals surface area contributed by atoms with E-state index >= 15 is 0 Å². The van der Waals surface area contributed by atoms with E-state index in [0.29, 0.717) is 120 Å². The van der Waals surface area contributed by atoms with Crippen LogP contribution in [0.2, 0.25) is 0 Å². The van der Waals surface area contributed by atoms with E-state index in [0.717, 1.165) is 24.0 Å². The Morgan fingerprint density at radius 2 is 1.41 bits per heavy atom. The number of piperidine rings is 1. The van der Waals surface area contributed by atoms with E-state index in [4.69, 9.17) is 58.8 Å². The maximum atomic E-state index is 14.5. The topological polar surface area (TPSA) is 237 Å². The summed E-state index contributed by atoms with van der Waals surface area (Å²) in [6.07, 6.45) is 4.99. The van der Waals surface area contributed by atoms with Crippen molar-refractivity contribution in [1.82, 2.24) is 20.2 Å². The van der Waals surface area contributed by atoms with Crippen LogP contribution in [0.15, 0.2) is 72.9 Å². The highest BCUT2D eigenvalue weighted by Crippen LogP contribution is 2.42. The van der Waals surface area contributed by atoms with Crippen molar-refractivity contribution in [1.29, 1.82) is 0 Å². The number of nitrogens with one attached hydrogen (secondary N) is 1. The number of carbonyl (C=O) groups is 3. The van der Waals surface area contributed by atoms with Gasteiger partial charge in [0.1, 0.15) is 23.7 Å². The minimum absolute atomic E-state index is 0.0937. The molecule has 1 fully saturated rings. The molecule has 1 aromatic heterocycles. The van der Waals surface area contributed by atoms with Crippen LogP contribution in [0.3, 0.4) is 0 Å². The van der Waals surface area contributed by atoms with Gasteiger partial charge in [0, 0.05) is 31.3 Å². The summed E-state index contributed by atoms with van der Waals surface area (Å²) in [7, 11) is 10.8. The number of carbonyl (C=O) groups excluding carboxylic acids is 3. The maximum Gasteiger partial charge on any atom is 0.329 e. The Bertz CT molecular complexity index is 2620.